The van der Waals surface area contributed by atoms with Gasteiger partial charge in [0.1, 0.15) is 0 Å². The van der Waals surface area contributed by atoms with Gasteiger partial charge in [-0.25, -0.2) is 0 Å². The Morgan fingerprint density at radius 2 is 1.00 bits per heavy atom. The molecule has 0 saturated heterocycles. The fourth-order valence-electron chi connectivity index (χ4n) is 0. The SMILES string of the molecule is OB(O)O.[Eu].[Y]. The Hall–Kier alpha value is 2.63. The van der Waals surface area contributed by atoms with E-state index in [1.165, 1.54) is 0 Å². The summed E-state index contributed by atoms with van der Waals surface area (Å²) < 4.78 is 0. The second kappa shape index (κ2) is 10.6. The fourth-order valence-corrected chi connectivity index (χ4v) is 0. The van der Waals surface area contributed by atoms with Crippen LogP contribution in [0, 0.1) is 49.4 Å². The second-order valence-electron chi connectivity index (χ2n) is 0.346. The van der Waals surface area contributed by atoms with Crippen LogP contribution in [0.3, 0.4) is 0 Å². The van der Waals surface area contributed by atoms with Crippen molar-refractivity contribution < 1.29 is 97.2 Å². The molecular formula is H3BEuO3Y. The predicted molar refractivity (Wildman–Crippen MR) is 12.4 cm³/mol. The standard InChI is InChI=1S/BH3O3.Eu.Y/c2-1(3)4;;/h2-4H;;. The Morgan fingerprint density at radius 1 is 1.00 bits per heavy atom. The van der Waals surface area contributed by atoms with E-state index in [2.05, 4.69) is 0 Å². The molecule has 34 valence electrons. The molecule has 0 amide bonds. The zero-order chi connectivity index (χ0) is 3.58. The molecule has 0 fully saturated rings. The van der Waals surface area contributed by atoms with Crippen LogP contribution in [-0.2, 0) is 32.7 Å². The van der Waals surface area contributed by atoms with Crippen molar-refractivity contribution in [3.63, 3.8) is 0 Å². The van der Waals surface area contributed by atoms with E-state index in [-0.39, 0.29) is 82.1 Å². The molecule has 0 saturated carbocycles. The van der Waals surface area contributed by atoms with Gasteiger partial charge in [0.25, 0.3) is 0 Å². The number of hydrogen-bond donors (Lipinski definition) is 3. The predicted octanol–water partition coefficient (Wildman–Crippen LogP) is -2.05. The summed E-state index contributed by atoms with van der Waals surface area (Å²) in [4.78, 5) is 0. The van der Waals surface area contributed by atoms with Gasteiger partial charge in [-0.05, 0) is 0 Å². The zero-order valence-electron chi connectivity index (χ0n) is 2.87. The largest absolute Gasteiger partial charge is 0.631 e. The van der Waals surface area contributed by atoms with E-state index in [4.69, 9.17) is 15.1 Å². The number of hydrogen-bond acceptors (Lipinski definition) is 3. The first kappa shape index (κ1) is 15.9. The molecule has 0 aliphatic rings. The van der Waals surface area contributed by atoms with Crippen LogP contribution in [0.4, 0.5) is 0 Å². The van der Waals surface area contributed by atoms with Crippen LogP contribution in [0.25, 0.3) is 0 Å². The van der Waals surface area contributed by atoms with Crippen LogP contribution in [0.1, 0.15) is 0 Å². The minimum absolute atomic E-state index is 0. The molecule has 0 aromatic rings. The maximum Gasteiger partial charge on any atom is 0.631 e. The Morgan fingerprint density at radius 3 is 1.00 bits per heavy atom. The Kier molecular flexibility index (Phi) is 28.0. The van der Waals surface area contributed by atoms with E-state index in [0.29, 0.717) is 0 Å². The van der Waals surface area contributed by atoms with E-state index in [0.717, 1.165) is 0 Å². The molecule has 0 aliphatic heterocycles. The van der Waals surface area contributed by atoms with Crippen LogP contribution in [0.15, 0.2) is 0 Å². The van der Waals surface area contributed by atoms with Gasteiger partial charge in [-0.15, -0.1) is 0 Å². The summed E-state index contributed by atoms with van der Waals surface area (Å²) in [5, 5.41) is 21.5. The average molecular weight is 303 g/mol. The third-order valence-corrected chi connectivity index (χ3v) is 0. The monoisotopic (exact) mass is 304 g/mol. The average Bonchev–Trinajstić information content (AvgIpc) is 0.811. The van der Waals surface area contributed by atoms with Crippen LogP contribution < -0.4 is 0 Å². The molecule has 0 heterocycles. The summed E-state index contributed by atoms with van der Waals surface area (Å²) >= 11 is 0. The van der Waals surface area contributed by atoms with Gasteiger partial charge >= 0.3 is 7.32 Å². The molecule has 0 aliphatic carbocycles. The smallest absolute Gasteiger partial charge is 0.402 e. The van der Waals surface area contributed by atoms with Gasteiger partial charge in [-0.3, -0.25) is 0 Å². The first-order valence-corrected chi connectivity index (χ1v) is 0.775. The van der Waals surface area contributed by atoms with Crippen molar-refractivity contribution in [2.24, 2.45) is 0 Å². The summed E-state index contributed by atoms with van der Waals surface area (Å²) in [6.07, 6.45) is 0. The van der Waals surface area contributed by atoms with Crippen LogP contribution in [0.2, 0.25) is 0 Å². The molecule has 0 aromatic heterocycles. The zero-order valence-corrected chi connectivity index (χ0v) is 8.14. The fraction of sp³-hybridized carbons (Fsp3) is 0. The van der Waals surface area contributed by atoms with E-state index in [9.17, 15) is 0 Å². The molecule has 3 N–H and O–H groups in total. The van der Waals surface area contributed by atoms with E-state index < -0.39 is 7.32 Å². The van der Waals surface area contributed by atoms with Gasteiger partial charge in [-0.2, -0.15) is 0 Å². The van der Waals surface area contributed by atoms with E-state index in [1.807, 2.05) is 0 Å². The van der Waals surface area contributed by atoms with Crippen LogP contribution >= 0.6 is 0 Å². The van der Waals surface area contributed by atoms with Crippen molar-refractivity contribution in [2.45, 2.75) is 0 Å². The maximum atomic E-state index is 7.17. The van der Waals surface area contributed by atoms with Crippen LogP contribution in [0.5, 0.6) is 0 Å². The van der Waals surface area contributed by atoms with Gasteiger partial charge in [0, 0.05) is 82.1 Å². The first-order valence-electron chi connectivity index (χ1n) is 0.775. The summed E-state index contributed by atoms with van der Waals surface area (Å²) in [6.45, 7) is 0. The third kappa shape index (κ3) is 30.4. The molecule has 3 nitrogen and oxygen atoms in total. The molecule has 6 heteroatoms. The number of rotatable bonds is 0. The van der Waals surface area contributed by atoms with E-state index >= 15 is 0 Å². The Bertz CT molecular complexity index is 15.5. The topological polar surface area (TPSA) is 60.7 Å². The minimum Gasteiger partial charge on any atom is -0.402 e. The summed E-state index contributed by atoms with van der Waals surface area (Å²) in [5.41, 5.74) is 0. The molecule has 0 bridgehead atoms. The normalized spacial score (nSPS) is 4.50. The maximum absolute atomic E-state index is 7.17. The quantitative estimate of drug-likeness (QED) is 0.451. The molecular weight excluding hydrogens is 300 g/mol. The molecule has 0 rings (SSSR count). The molecule has 0 spiro atoms. The Labute approximate surface area is 102 Å². The van der Waals surface area contributed by atoms with Crippen molar-refractivity contribution in [3.05, 3.63) is 0 Å². The molecule has 0 aromatic carbocycles. The van der Waals surface area contributed by atoms with Gasteiger partial charge in [0.15, 0.2) is 0 Å². The van der Waals surface area contributed by atoms with Gasteiger partial charge in [-0.1, -0.05) is 0 Å². The third-order valence-electron chi connectivity index (χ3n) is 0. The summed E-state index contributed by atoms with van der Waals surface area (Å²) in [7, 11) is -2.17. The van der Waals surface area contributed by atoms with Crippen molar-refractivity contribution in [2.75, 3.05) is 0 Å². The van der Waals surface area contributed by atoms with Gasteiger partial charge in [0.05, 0.1) is 0 Å². The summed E-state index contributed by atoms with van der Waals surface area (Å²) in [5.74, 6) is 0. The van der Waals surface area contributed by atoms with Crippen LogP contribution in [-0.4, -0.2) is 22.4 Å². The molecule has 0 atom stereocenters. The Balaban J connectivity index is -0.0000000450. The van der Waals surface area contributed by atoms with Crippen molar-refractivity contribution >= 4 is 7.32 Å². The van der Waals surface area contributed by atoms with Gasteiger partial charge in [0.2, 0.25) is 0 Å². The van der Waals surface area contributed by atoms with Crippen molar-refractivity contribution in [3.8, 4) is 0 Å². The summed E-state index contributed by atoms with van der Waals surface area (Å²) in [6, 6.07) is 0. The molecule has 0 unspecified atom stereocenters. The minimum atomic E-state index is -2.17. The van der Waals surface area contributed by atoms with Crippen molar-refractivity contribution in [1.82, 2.24) is 0 Å². The first-order chi connectivity index (χ1) is 1.73. The second-order valence-corrected chi connectivity index (χ2v) is 0.346. The molecule has 2 radical (unpaired) electrons. The van der Waals surface area contributed by atoms with Crippen molar-refractivity contribution in [1.29, 1.82) is 0 Å². The molecule has 6 heavy (non-hydrogen) atoms. The van der Waals surface area contributed by atoms with E-state index in [1.54, 1.807) is 0 Å². The van der Waals surface area contributed by atoms with Gasteiger partial charge < -0.3 is 15.1 Å².